The van der Waals surface area contributed by atoms with Crippen LogP contribution in [0.3, 0.4) is 0 Å². The van der Waals surface area contributed by atoms with Crippen LogP contribution < -0.4 is 10.6 Å². The van der Waals surface area contributed by atoms with Crippen LogP contribution in [0.1, 0.15) is 32.1 Å². The Hall–Kier alpha value is -1.36. The number of halogens is 1. The predicted molar refractivity (Wildman–Crippen MR) is 69.7 cm³/mol. The first-order valence-electron chi connectivity index (χ1n) is 6.34. The number of hydrogen-bond acceptors (Lipinski definition) is 4. The molecular formula is C12H15ClN4O. The van der Waals surface area contributed by atoms with Crippen LogP contribution in [0.2, 0.25) is 5.28 Å². The van der Waals surface area contributed by atoms with E-state index in [1.54, 1.807) is 6.20 Å². The molecule has 1 amide bonds. The molecule has 1 aliphatic heterocycles. The summed E-state index contributed by atoms with van der Waals surface area (Å²) in [4.78, 5) is 20.3. The number of anilines is 2. The minimum atomic E-state index is 0.0143. The summed E-state index contributed by atoms with van der Waals surface area (Å²) in [6, 6.07) is 0.153. The predicted octanol–water partition coefficient (Wildman–Crippen LogP) is 2.44. The van der Waals surface area contributed by atoms with Gasteiger partial charge >= 0.3 is 0 Å². The van der Waals surface area contributed by atoms with Gasteiger partial charge in [-0.3, -0.25) is 4.79 Å². The van der Waals surface area contributed by atoms with E-state index in [0.717, 1.165) is 25.7 Å². The highest BCUT2D eigenvalue weighted by atomic mass is 35.5. The van der Waals surface area contributed by atoms with Crippen LogP contribution in [0.15, 0.2) is 6.20 Å². The molecular weight excluding hydrogens is 252 g/mol. The molecule has 2 N–H and O–H groups in total. The molecule has 2 unspecified atom stereocenters. The molecule has 0 saturated heterocycles. The molecule has 1 aliphatic carbocycles. The van der Waals surface area contributed by atoms with Gasteiger partial charge in [0.2, 0.25) is 11.2 Å². The van der Waals surface area contributed by atoms with Crippen LogP contribution in [0.5, 0.6) is 0 Å². The molecule has 1 aromatic rings. The van der Waals surface area contributed by atoms with Gasteiger partial charge in [-0.1, -0.05) is 19.3 Å². The molecule has 2 heterocycles. The third-order valence-corrected chi connectivity index (χ3v) is 3.87. The Morgan fingerprint density at radius 2 is 2.11 bits per heavy atom. The van der Waals surface area contributed by atoms with Crippen LogP contribution in [0.4, 0.5) is 11.5 Å². The van der Waals surface area contributed by atoms with Gasteiger partial charge in [0, 0.05) is 6.04 Å². The monoisotopic (exact) mass is 266 g/mol. The summed E-state index contributed by atoms with van der Waals surface area (Å²) in [5.74, 6) is 0.720. The van der Waals surface area contributed by atoms with Gasteiger partial charge in [0.15, 0.2) is 5.82 Å². The number of fused-ring (bicyclic) bond motifs is 2. The zero-order valence-corrected chi connectivity index (χ0v) is 10.7. The lowest BCUT2D eigenvalue weighted by Gasteiger charge is -2.21. The first-order chi connectivity index (χ1) is 8.74. The van der Waals surface area contributed by atoms with Crippen molar-refractivity contribution in [3.05, 3.63) is 11.5 Å². The Kier molecular flexibility index (Phi) is 3.07. The van der Waals surface area contributed by atoms with Crippen molar-refractivity contribution in [1.82, 2.24) is 9.97 Å². The molecule has 0 aromatic carbocycles. The summed E-state index contributed by atoms with van der Waals surface area (Å²) in [6.45, 7) is 0. The number of nitrogens with zero attached hydrogens (tertiary/aromatic N) is 2. The summed E-state index contributed by atoms with van der Waals surface area (Å²) >= 11 is 5.80. The number of aromatic nitrogens is 2. The topological polar surface area (TPSA) is 66.9 Å². The summed E-state index contributed by atoms with van der Waals surface area (Å²) in [5.41, 5.74) is 0.623. The Balaban J connectivity index is 1.96. The van der Waals surface area contributed by atoms with Gasteiger partial charge in [-0.05, 0) is 24.4 Å². The number of amides is 1. The lowest BCUT2D eigenvalue weighted by molar-refractivity contribution is -0.120. The van der Waals surface area contributed by atoms with Crippen molar-refractivity contribution in [2.75, 3.05) is 10.6 Å². The summed E-state index contributed by atoms with van der Waals surface area (Å²) in [5, 5.41) is 6.44. The van der Waals surface area contributed by atoms with Crippen molar-refractivity contribution in [1.29, 1.82) is 0 Å². The zero-order chi connectivity index (χ0) is 12.5. The minimum Gasteiger partial charge on any atom is -0.365 e. The van der Waals surface area contributed by atoms with Crippen LogP contribution in [0.25, 0.3) is 0 Å². The number of rotatable bonds is 0. The van der Waals surface area contributed by atoms with Crippen molar-refractivity contribution in [2.45, 2.75) is 38.1 Å². The molecule has 1 fully saturated rings. The van der Waals surface area contributed by atoms with Crippen molar-refractivity contribution in [2.24, 2.45) is 5.92 Å². The summed E-state index contributed by atoms with van der Waals surface area (Å²) in [7, 11) is 0. The van der Waals surface area contributed by atoms with E-state index >= 15 is 0 Å². The van der Waals surface area contributed by atoms with E-state index < -0.39 is 0 Å². The lowest BCUT2D eigenvalue weighted by atomic mass is 9.94. The maximum atomic E-state index is 12.2. The van der Waals surface area contributed by atoms with Gasteiger partial charge < -0.3 is 10.6 Å². The molecule has 2 atom stereocenters. The number of carbonyl (C=O) groups excluding carboxylic acids is 1. The maximum Gasteiger partial charge on any atom is 0.229 e. The summed E-state index contributed by atoms with van der Waals surface area (Å²) in [6.07, 6.45) is 6.94. The maximum absolute atomic E-state index is 12.2. The molecule has 6 heteroatoms. The molecule has 5 nitrogen and oxygen atoms in total. The van der Waals surface area contributed by atoms with Crippen LogP contribution in [-0.2, 0) is 4.79 Å². The third-order valence-electron chi connectivity index (χ3n) is 3.69. The lowest BCUT2D eigenvalue weighted by Crippen LogP contribution is -2.34. The Labute approximate surface area is 110 Å². The first-order valence-corrected chi connectivity index (χ1v) is 6.72. The molecule has 0 bridgehead atoms. The van der Waals surface area contributed by atoms with Crippen LogP contribution in [-0.4, -0.2) is 21.9 Å². The largest absolute Gasteiger partial charge is 0.365 e. The zero-order valence-electron chi connectivity index (χ0n) is 9.95. The van der Waals surface area contributed by atoms with Gasteiger partial charge in [0.1, 0.15) is 5.69 Å². The smallest absolute Gasteiger partial charge is 0.229 e. The number of hydrogen-bond donors (Lipinski definition) is 2. The van der Waals surface area contributed by atoms with Crippen LogP contribution >= 0.6 is 11.6 Å². The van der Waals surface area contributed by atoms with E-state index in [1.165, 1.54) is 6.42 Å². The van der Waals surface area contributed by atoms with E-state index in [1.807, 2.05) is 0 Å². The molecule has 0 spiro atoms. The molecule has 3 rings (SSSR count). The van der Waals surface area contributed by atoms with E-state index in [4.69, 9.17) is 11.6 Å². The van der Waals surface area contributed by atoms with E-state index in [2.05, 4.69) is 20.6 Å². The van der Waals surface area contributed by atoms with Gasteiger partial charge in [0.25, 0.3) is 0 Å². The van der Waals surface area contributed by atoms with Crippen molar-refractivity contribution < 1.29 is 4.79 Å². The first kappa shape index (κ1) is 11.7. The highest BCUT2D eigenvalue weighted by Crippen LogP contribution is 2.32. The highest BCUT2D eigenvalue weighted by molar-refractivity contribution is 6.28. The number of nitrogens with one attached hydrogen (secondary N) is 2. The van der Waals surface area contributed by atoms with Crippen LogP contribution in [0, 0.1) is 5.92 Å². The number of carbonyl (C=O) groups is 1. The Bertz CT molecular complexity index is 479. The van der Waals surface area contributed by atoms with Gasteiger partial charge in [-0.15, -0.1) is 0 Å². The standard InChI is InChI=1S/C12H15ClN4O/c13-12-14-6-9-10(17-12)15-8-5-3-1-2-4-7(8)11(18)16-9/h6-8H,1-5H2,(H,16,18)(H,14,15,17). The van der Waals surface area contributed by atoms with Gasteiger partial charge in [0.05, 0.1) is 12.1 Å². The van der Waals surface area contributed by atoms with Gasteiger partial charge in [-0.2, -0.15) is 4.98 Å². The fraction of sp³-hybridized carbons (Fsp3) is 0.583. The SMILES string of the molecule is O=C1Nc2cnc(Cl)nc2NC2CCCCCC12. The quantitative estimate of drug-likeness (QED) is 0.708. The summed E-state index contributed by atoms with van der Waals surface area (Å²) < 4.78 is 0. The molecule has 96 valence electrons. The minimum absolute atomic E-state index is 0.0143. The fourth-order valence-electron chi connectivity index (χ4n) is 2.76. The van der Waals surface area contributed by atoms with E-state index in [9.17, 15) is 4.79 Å². The second-order valence-electron chi connectivity index (χ2n) is 4.89. The molecule has 1 saturated carbocycles. The van der Waals surface area contributed by atoms with E-state index in [0.29, 0.717) is 11.5 Å². The van der Waals surface area contributed by atoms with E-state index in [-0.39, 0.29) is 23.2 Å². The molecule has 18 heavy (non-hydrogen) atoms. The second kappa shape index (κ2) is 4.72. The fourth-order valence-corrected chi connectivity index (χ4v) is 2.89. The van der Waals surface area contributed by atoms with Crippen molar-refractivity contribution in [3.63, 3.8) is 0 Å². The third kappa shape index (κ3) is 2.14. The Morgan fingerprint density at radius 3 is 3.00 bits per heavy atom. The van der Waals surface area contributed by atoms with Gasteiger partial charge in [-0.25, -0.2) is 4.98 Å². The second-order valence-corrected chi connectivity index (χ2v) is 5.22. The average molecular weight is 267 g/mol. The Morgan fingerprint density at radius 1 is 1.28 bits per heavy atom. The molecule has 1 aromatic heterocycles. The highest BCUT2D eigenvalue weighted by Gasteiger charge is 2.33. The van der Waals surface area contributed by atoms with Crippen molar-refractivity contribution in [3.8, 4) is 0 Å². The normalized spacial score (nSPS) is 27.1. The molecule has 2 aliphatic rings. The average Bonchev–Trinajstić information content (AvgIpc) is 2.63. The van der Waals surface area contributed by atoms with Crippen molar-refractivity contribution >= 4 is 29.0 Å². The molecule has 0 radical (unpaired) electrons.